The van der Waals surface area contributed by atoms with Gasteiger partial charge in [-0.15, -0.1) is 0 Å². The SMILES string of the molecule is CCOC(=O)C1CN(c2ccccc2C)C(=O)C(=O)N1. The Labute approximate surface area is 116 Å². The molecule has 1 aliphatic heterocycles. The fourth-order valence-electron chi connectivity index (χ4n) is 2.10. The lowest BCUT2D eigenvalue weighted by Gasteiger charge is -2.32. The molecule has 1 aromatic rings. The zero-order chi connectivity index (χ0) is 14.7. The monoisotopic (exact) mass is 276 g/mol. The summed E-state index contributed by atoms with van der Waals surface area (Å²) in [5.74, 6) is -2.00. The van der Waals surface area contributed by atoms with Crippen molar-refractivity contribution in [3.8, 4) is 0 Å². The van der Waals surface area contributed by atoms with E-state index in [4.69, 9.17) is 4.74 Å². The van der Waals surface area contributed by atoms with Crippen LogP contribution in [0.5, 0.6) is 0 Å². The van der Waals surface area contributed by atoms with Crippen LogP contribution in [0.4, 0.5) is 5.69 Å². The van der Waals surface area contributed by atoms with Gasteiger partial charge in [0, 0.05) is 5.69 Å². The number of carbonyl (C=O) groups excluding carboxylic acids is 3. The van der Waals surface area contributed by atoms with Gasteiger partial charge < -0.3 is 15.0 Å². The molecule has 6 heteroatoms. The standard InChI is InChI=1S/C14H16N2O4/c1-3-20-14(19)10-8-16(13(18)12(17)15-10)11-7-5-4-6-9(11)2/h4-7,10H,3,8H2,1-2H3,(H,15,17). The third-order valence-electron chi connectivity index (χ3n) is 3.09. The molecule has 1 heterocycles. The predicted octanol–water partition coefficient (Wildman–Crippen LogP) is 0.390. The third-order valence-corrected chi connectivity index (χ3v) is 3.09. The summed E-state index contributed by atoms with van der Waals surface area (Å²) in [4.78, 5) is 36.7. The van der Waals surface area contributed by atoms with E-state index < -0.39 is 23.8 Å². The number of ether oxygens (including phenoxy) is 1. The van der Waals surface area contributed by atoms with E-state index in [1.54, 1.807) is 19.1 Å². The lowest BCUT2D eigenvalue weighted by Crippen LogP contribution is -2.61. The smallest absolute Gasteiger partial charge is 0.330 e. The van der Waals surface area contributed by atoms with Gasteiger partial charge in [0.2, 0.25) is 0 Å². The van der Waals surface area contributed by atoms with Crippen LogP contribution in [-0.4, -0.2) is 37.0 Å². The van der Waals surface area contributed by atoms with Crippen molar-refractivity contribution in [3.05, 3.63) is 29.8 Å². The van der Waals surface area contributed by atoms with Gasteiger partial charge in [-0.1, -0.05) is 18.2 Å². The second kappa shape index (κ2) is 5.73. The van der Waals surface area contributed by atoms with Crippen LogP contribution < -0.4 is 10.2 Å². The van der Waals surface area contributed by atoms with Crippen LogP contribution in [-0.2, 0) is 19.1 Å². The highest BCUT2D eigenvalue weighted by atomic mass is 16.5. The average molecular weight is 276 g/mol. The summed E-state index contributed by atoms with van der Waals surface area (Å²) in [6.45, 7) is 3.83. The molecule has 1 atom stereocenters. The van der Waals surface area contributed by atoms with Gasteiger partial charge >= 0.3 is 17.8 Å². The molecule has 1 unspecified atom stereocenters. The Bertz CT molecular complexity index is 556. The maximum atomic E-state index is 12.0. The second-order valence-corrected chi connectivity index (χ2v) is 4.48. The second-order valence-electron chi connectivity index (χ2n) is 4.48. The lowest BCUT2D eigenvalue weighted by molar-refractivity contribution is -0.150. The molecule has 1 aliphatic rings. The number of piperazine rings is 1. The molecule has 0 spiro atoms. The molecule has 0 aromatic heterocycles. The fourth-order valence-corrected chi connectivity index (χ4v) is 2.10. The van der Waals surface area contributed by atoms with Crippen molar-refractivity contribution in [3.63, 3.8) is 0 Å². The van der Waals surface area contributed by atoms with Crippen LogP contribution in [0.2, 0.25) is 0 Å². The molecule has 1 saturated heterocycles. The van der Waals surface area contributed by atoms with E-state index in [0.717, 1.165) is 5.56 Å². The van der Waals surface area contributed by atoms with Crippen LogP contribution in [0.1, 0.15) is 12.5 Å². The van der Waals surface area contributed by atoms with Gasteiger partial charge in [0.1, 0.15) is 6.04 Å². The highest BCUT2D eigenvalue weighted by Gasteiger charge is 2.37. The number of esters is 1. The summed E-state index contributed by atoms with van der Waals surface area (Å²) in [5.41, 5.74) is 1.49. The molecule has 6 nitrogen and oxygen atoms in total. The molecule has 106 valence electrons. The van der Waals surface area contributed by atoms with Gasteiger partial charge in [-0.3, -0.25) is 9.59 Å². The summed E-state index contributed by atoms with van der Waals surface area (Å²) >= 11 is 0. The molecule has 1 N–H and O–H groups in total. The summed E-state index contributed by atoms with van der Waals surface area (Å²) in [7, 11) is 0. The number of amides is 2. The fraction of sp³-hybridized carbons (Fsp3) is 0.357. The highest BCUT2D eigenvalue weighted by molar-refractivity contribution is 6.41. The van der Waals surface area contributed by atoms with Crippen molar-refractivity contribution < 1.29 is 19.1 Å². The number of hydrogen-bond donors (Lipinski definition) is 1. The number of anilines is 1. The third kappa shape index (κ3) is 2.64. The minimum Gasteiger partial charge on any atom is -0.464 e. The number of carbonyl (C=O) groups is 3. The minimum absolute atomic E-state index is 0.0776. The number of hydrogen-bond acceptors (Lipinski definition) is 4. The van der Waals surface area contributed by atoms with Crippen molar-refractivity contribution in [1.82, 2.24) is 5.32 Å². The van der Waals surface area contributed by atoms with Crippen LogP contribution in [0.3, 0.4) is 0 Å². The van der Waals surface area contributed by atoms with Gasteiger partial charge in [-0.25, -0.2) is 4.79 Å². The molecule has 20 heavy (non-hydrogen) atoms. The van der Waals surface area contributed by atoms with Gasteiger partial charge in [0.15, 0.2) is 0 Å². The largest absolute Gasteiger partial charge is 0.464 e. The summed E-state index contributed by atoms with van der Waals surface area (Å²) < 4.78 is 4.89. The van der Waals surface area contributed by atoms with Gasteiger partial charge in [0.25, 0.3) is 0 Å². The first-order chi connectivity index (χ1) is 9.54. The van der Waals surface area contributed by atoms with Crippen molar-refractivity contribution in [2.24, 2.45) is 0 Å². The van der Waals surface area contributed by atoms with Gasteiger partial charge in [-0.2, -0.15) is 0 Å². The maximum Gasteiger partial charge on any atom is 0.330 e. The number of para-hydroxylation sites is 1. The number of rotatable bonds is 3. The van der Waals surface area contributed by atoms with E-state index in [9.17, 15) is 14.4 Å². The molecule has 1 fully saturated rings. The summed E-state index contributed by atoms with van der Waals surface area (Å²) in [6, 6.07) is 6.37. The molecule has 2 amide bonds. The first-order valence-corrected chi connectivity index (χ1v) is 6.39. The normalized spacial score (nSPS) is 18.7. The lowest BCUT2D eigenvalue weighted by atomic mass is 10.1. The van der Waals surface area contributed by atoms with Crippen molar-refractivity contribution in [2.45, 2.75) is 19.9 Å². The Morgan fingerprint density at radius 3 is 2.75 bits per heavy atom. The number of aryl methyl sites for hydroxylation is 1. The Morgan fingerprint density at radius 2 is 2.10 bits per heavy atom. The molecule has 2 rings (SSSR count). The van der Waals surface area contributed by atoms with Crippen molar-refractivity contribution in [1.29, 1.82) is 0 Å². The number of nitrogens with zero attached hydrogens (tertiary/aromatic N) is 1. The predicted molar refractivity (Wildman–Crippen MR) is 72.1 cm³/mol. The molecule has 1 aromatic carbocycles. The molecule has 0 saturated carbocycles. The van der Waals surface area contributed by atoms with Crippen molar-refractivity contribution in [2.75, 3.05) is 18.1 Å². The Hall–Kier alpha value is -2.37. The zero-order valence-electron chi connectivity index (χ0n) is 11.4. The van der Waals surface area contributed by atoms with E-state index >= 15 is 0 Å². The van der Waals surface area contributed by atoms with E-state index in [2.05, 4.69) is 5.32 Å². The Balaban J connectivity index is 2.27. The zero-order valence-corrected chi connectivity index (χ0v) is 11.4. The Morgan fingerprint density at radius 1 is 1.40 bits per heavy atom. The van der Waals surface area contributed by atoms with Gasteiger partial charge in [-0.05, 0) is 25.5 Å². The van der Waals surface area contributed by atoms with E-state index in [-0.39, 0.29) is 13.2 Å². The Kier molecular flexibility index (Phi) is 4.02. The molecular weight excluding hydrogens is 260 g/mol. The van der Waals surface area contributed by atoms with E-state index in [1.165, 1.54) is 4.90 Å². The first-order valence-electron chi connectivity index (χ1n) is 6.39. The van der Waals surface area contributed by atoms with Crippen molar-refractivity contribution >= 4 is 23.5 Å². The molecule has 0 radical (unpaired) electrons. The van der Waals surface area contributed by atoms with Crippen LogP contribution in [0.25, 0.3) is 0 Å². The first kappa shape index (κ1) is 14.0. The van der Waals surface area contributed by atoms with E-state index in [0.29, 0.717) is 5.69 Å². The molecular formula is C14H16N2O4. The van der Waals surface area contributed by atoms with Gasteiger partial charge in [0.05, 0.1) is 13.2 Å². The number of benzene rings is 1. The number of nitrogens with one attached hydrogen (secondary N) is 1. The maximum absolute atomic E-state index is 12.0. The van der Waals surface area contributed by atoms with Crippen LogP contribution >= 0.6 is 0 Å². The minimum atomic E-state index is -0.834. The van der Waals surface area contributed by atoms with Crippen LogP contribution in [0, 0.1) is 6.92 Å². The van der Waals surface area contributed by atoms with Crippen LogP contribution in [0.15, 0.2) is 24.3 Å². The average Bonchev–Trinajstić information content (AvgIpc) is 2.43. The topological polar surface area (TPSA) is 75.7 Å². The summed E-state index contributed by atoms with van der Waals surface area (Å²) in [5, 5.41) is 2.37. The summed E-state index contributed by atoms with van der Waals surface area (Å²) in [6.07, 6.45) is 0. The molecule has 0 bridgehead atoms. The van der Waals surface area contributed by atoms with E-state index in [1.807, 2.05) is 19.1 Å². The highest BCUT2D eigenvalue weighted by Crippen LogP contribution is 2.21. The molecule has 0 aliphatic carbocycles. The quantitative estimate of drug-likeness (QED) is 0.640.